The van der Waals surface area contributed by atoms with Gasteiger partial charge in [0.1, 0.15) is 12.4 Å². The molecule has 0 unspecified atom stereocenters. The van der Waals surface area contributed by atoms with Crippen LogP contribution in [0.1, 0.15) is 22.4 Å². The Morgan fingerprint density at radius 1 is 0.952 bits per heavy atom. The Kier molecular flexibility index (Phi) is 3.61. The standard InChI is InChI=1S/C19H19NO/c1-13-9-10-18-17(11-13)19(14(2)15(3)20-18)21-12-16-7-5-4-6-8-16/h4-11H,12H2,1-3H3. The molecule has 0 saturated carbocycles. The first kappa shape index (κ1) is 13.6. The maximum atomic E-state index is 6.13. The third-order valence-electron chi connectivity index (χ3n) is 3.79. The summed E-state index contributed by atoms with van der Waals surface area (Å²) >= 11 is 0. The molecule has 0 atom stereocenters. The molecule has 0 aliphatic heterocycles. The zero-order valence-electron chi connectivity index (χ0n) is 12.7. The second kappa shape index (κ2) is 5.57. The van der Waals surface area contributed by atoms with Gasteiger partial charge < -0.3 is 4.74 Å². The summed E-state index contributed by atoms with van der Waals surface area (Å²) in [6.45, 7) is 6.78. The van der Waals surface area contributed by atoms with E-state index in [2.05, 4.69) is 49.2 Å². The first-order valence-electron chi connectivity index (χ1n) is 7.19. The Balaban J connectivity index is 2.03. The van der Waals surface area contributed by atoms with Gasteiger partial charge in [0, 0.05) is 16.6 Å². The number of benzene rings is 2. The van der Waals surface area contributed by atoms with Crippen molar-refractivity contribution < 1.29 is 4.74 Å². The topological polar surface area (TPSA) is 22.1 Å². The minimum atomic E-state index is 0.578. The summed E-state index contributed by atoms with van der Waals surface area (Å²) in [5.41, 5.74) is 5.52. The molecule has 1 heterocycles. The monoisotopic (exact) mass is 277 g/mol. The van der Waals surface area contributed by atoms with Crippen LogP contribution < -0.4 is 4.74 Å². The van der Waals surface area contributed by atoms with Crippen molar-refractivity contribution in [2.45, 2.75) is 27.4 Å². The summed E-state index contributed by atoms with van der Waals surface area (Å²) in [7, 11) is 0. The van der Waals surface area contributed by atoms with Gasteiger partial charge in [0.05, 0.1) is 5.52 Å². The fourth-order valence-corrected chi connectivity index (χ4v) is 2.48. The third kappa shape index (κ3) is 2.75. The molecule has 0 spiro atoms. The van der Waals surface area contributed by atoms with Gasteiger partial charge in [0.2, 0.25) is 0 Å². The van der Waals surface area contributed by atoms with Crippen molar-refractivity contribution in [3.63, 3.8) is 0 Å². The van der Waals surface area contributed by atoms with E-state index in [1.54, 1.807) is 0 Å². The maximum absolute atomic E-state index is 6.13. The number of fused-ring (bicyclic) bond motifs is 1. The smallest absolute Gasteiger partial charge is 0.133 e. The zero-order valence-corrected chi connectivity index (χ0v) is 12.7. The number of aromatic nitrogens is 1. The van der Waals surface area contributed by atoms with Gasteiger partial charge in [-0.15, -0.1) is 0 Å². The number of rotatable bonds is 3. The van der Waals surface area contributed by atoms with Gasteiger partial charge in [-0.05, 0) is 38.5 Å². The molecule has 0 aliphatic rings. The van der Waals surface area contributed by atoms with Crippen LogP contribution in [0.5, 0.6) is 5.75 Å². The summed E-state index contributed by atoms with van der Waals surface area (Å²) < 4.78 is 6.13. The SMILES string of the molecule is Cc1ccc2nc(C)c(C)c(OCc3ccccc3)c2c1. The predicted molar refractivity (Wildman–Crippen MR) is 86.7 cm³/mol. The minimum absolute atomic E-state index is 0.578. The summed E-state index contributed by atoms with van der Waals surface area (Å²) in [6.07, 6.45) is 0. The van der Waals surface area contributed by atoms with Crippen LogP contribution >= 0.6 is 0 Å². The lowest BCUT2D eigenvalue weighted by Gasteiger charge is -2.14. The summed E-state index contributed by atoms with van der Waals surface area (Å²) in [5, 5.41) is 1.09. The van der Waals surface area contributed by atoms with Gasteiger partial charge in [0.25, 0.3) is 0 Å². The van der Waals surface area contributed by atoms with Crippen molar-refractivity contribution in [1.82, 2.24) is 4.98 Å². The van der Waals surface area contributed by atoms with Crippen molar-refractivity contribution in [3.05, 3.63) is 70.9 Å². The van der Waals surface area contributed by atoms with E-state index in [4.69, 9.17) is 4.74 Å². The molecule has 1 aromatic heterocycles. The van der Waals surface area contributed by atoms with Gasteiger partial charge in [-0.25, -0.2) is 0 Å². The highest BCUT2D eigenvalue weighted by molar-refractivity contribution is 5.87. The Morgan fingerprint density at radius 2 is 1.71 bits per heavy atom. The molecule has 2 nitrogen and oxygen atoms in total. The number of hydrogen-bond donors (Lipinski definition) is 0. The molecular weight excluding hydrogens is 258 g/mol. The van der Waals surface area contributed by atoms with Crippen LogP contribution in [0, 0.1) is 20.8 Å². The molecule has 106 valence electrons. The average Bonchev–Trinajstić information content (AvgIpc) is 2.49. The van der Waals surface area contributed by atoms with E-state index in [0.29, 0.717) is 6.61 Å². The molecule has 0 aliphatic carbocycles. The van der Waals surface area contributed by atoms with Crippen LogP contribution in [0.25, 0.3) is 10.9 Å². The predicted octanol–water partition coefficient (Wildman–Crippen LogP) is 4.74. The molecule has 21 heavy (non-hydrogen) atoms. The van der Waals surface area contributed by atoms with Crippen molar-refractivity contribution in [3.8, 4) is 5.75 Å². The van der Waals surface area contributed by atoms with E-state index in [-0.39, 0.29) is 0 Å². The average molecular weight is 277 g/mol. The van der Waals surface area contributed by atoms with Gasteiger partial charge in [-0.2, -0.15) is 0 Å². The van der Waals surface area contributed by atoms with Gasteiger partial charge in [0.15, 0.2) is 0 Å². The van der Waals surface area contributed by atoms with Gasteiger partial charge in [-0.3, -0.25) is 4.98 Å². The zero-order chi connectivity index (χ0) is 14.8. The van der Waals surface area contributed by atoms with Crippen LogP contribution in [-0.4, -0.2) is 4.98 Å². The highest BCUT2D eigenvalue weighted by atomic mass is 16.5. The van der Waals surface area contributed by atoms with Gasteiger partial charge in [-0.1, -0.05) is 42.0 Å². The van der Waals surface area contributed by atoms with E-state index in [1.165, 1.54) is 11.1 Å². The van der Waals surface area contributed by atoms with Crippen molar-refractivity contribution in [2.75, 3.05) is 0 Å². The fourth-order valence-electron chi connectivity index (χ4n) is 2.48. The van der Waals surface area contributed by atoms with Crippen molar-refractivity contribution >= 4 is 10.9 Å². The highest BCUT2D eigenvalue weighted by Crippen LogP contribution is 2.31. The van der Waals surface area contributed by atoms with E-state index in [0.717, 1.165) is 27.9 Å². The first-order chi connectivity index (χ1) is 10.1. The largest absolute Gasteiger partial charge is 0.488 e. The van der Waals surface area contributed by atoms with Crippen LogP contribution in [0.15, 0.2) is 48.5 Å². The summed E-state index contributed by atoms with van der Waals surface area (Å²) in [6, 6.07) is 16.5. The molecule has 0 fully saturated rings. The third-order valence-corrected chi connectivity index (χ3v) is 3.79. The lowest BCUT2D eigenvalue weighted by atomic mass is 10.1. The summed E-state index contributed by atoms with van der Waals surface area (Å²) in [4.78, 5) is 4.65. The van der Waals surface area contributed by atoms with Crippen molar-refractivity contribution in [1.29, 1.82) is 0 Å². The van der Waals surface area contributed by atoms with E-state index < -0.39 is 0 Å². The Labute approximate surface area is 125 Å². The molecule has 3 rings (SSSR count). The lowest BCUT2D eigenvalue weighted by molar-refractivity contribution is 0.307. The Morgan fingerprint density at radius 3 is 2.48 bits per heavy atom. The lowest BCUT2D eigenvalue weighted by Crippen LogP contribution is -2.01. The molecule has 0 amide bonds. The number of hydrogen-bond acceptors (Lipinski definition) is 2. The second-order valence-corrected chi connectivity index (χ2v) is 5.45. The maximum Gasteiger partial charge on any atom is 0.133 e. The molecule has 0 saturated heterocycles. The van der Waals surface area contributed by atoms with E-state index in [1.807, 2.05) is 25.1 Å². The number of ether oxygens (including phenoxy) is 1. The number of aryl methyl sites for hydroxylation is 2. The number of nitrogens with zero attached hydrogens (tertiary/aromatic N) is 1. The highest BCUT2D eigenvalue weighted by Gasteiger charge is 2.11. The quantitative estimate of drug-likeness (QED) is 0.690. The molecule has 0 N–H and O–H groups in total. The first-order valence-corrected chi connectivity index (χ1v) is 7.19. The van der Waals surface area contributed by atoms with Crippen LogP contribution in [0.4, 0.5) is 0 Å². The molecule has 0 bridgehead atoms. The Bertz CT molecular complexity index is 778. The Hall–Kier alpha value is -2.35. The molecular formula is C19H19NO. The molecule has 2 heteroatoms. The molecule has 3 aromatic rings. The fraction of sp³-hybridized carbons (Fsp3) is 0.211. The van der Waals surface area contributed by atoms with E-state index >= 15 is 0 Å². The van der Waals surface area contributed by atoms with Gasteiger partial charge >= 0.3 is 0 Å². The van der Waals surface area contributed by atoms with Crippen LogP contribution in [0.2, 0.25) is 0 Å². The molecule has 0 radical (unpaired) electrons. The summed E-state index contributed by atoms with van der Waals surface area (Å²) in [5.74, 6) is 0.949. The van der Waals surface area contributed by atoms with Crippen LogP contribution in [-0.2, 0) is 6.61 Å². The number of pyridine rings is 1. The second-order valence-electron chi connectivity index (χ2n) is 5.45. The molecule has 2 aromatic carbocycles. The minimum Gasteiger partial charge on any atom is -0.488 e. The van der Waals surface area contributed by atoms with Crippen LogP contribution in [0.3, 0.4) is 0 Å². The normalized spacial score (nSPS) is 10.8. The van der Waals surface area contributed by atoms with Crippen molar-refractivity contribution in [2.24, 2.45) is 0 Å². The van der Waals surface area contributed by atoms with E-state index in [9.17, 15) is 0 Å².